The topological polar surface area (TPSA) is 32.7 Å². The van der Waals surface area contributed by atoms with Gasteiger partial charge in [-0.1, -0.05) is 25.7 Å². The van der Waals surface area contributed by atoms with Gasteiger partial charge >= 0.3 is 0 Å². The van der Waals surface area contributed by atoms with Crippen molar-refractivity contribution in [3.05, 3.63) is 0 Å². The Kier molecular flexibility index (Phi) is 8.31. The van der Waals surface area contributed by atoms with Crippen LogP contribution < -0.4 is 0 Å². The molecule has 0 aromatic rings. The summed E-state index contributed by atoms with van der Waals surface area (Å²) >= 11 is 4.61. The second-order valence-corrected chi connectivity index (χ2v) is 5.88. The number of rotatable bonds is 8. The first-order valence-electron chi connectivity index (χ1n) is 7.19. The SMILES string of the molecule is COCCN(CCO)CC1(CS)CCCCCC1. The molecule has 0 bridgehead atoms. The van der Waals surface area contributed by atoms with Crippen LogP contribution in [0.15, 0.2) is 0 Å². The molecule has 0 radical (unpaired) electrons. The van der Waals surface area contributed by atoms with Gasteiger partial charge in [0.25, 0.3) is 0 Å². The third-order valence-corrected chi connectivity index (χ3v) is 4.76. The van der Waals surface area contributed by atoms with Crippen molar-refractivity contribution in [1.82, 2.24) is 4.90 Å². The molecule has 0 heterocycles. The first kappa shape index (κ1) is 16.3. The normalized spacial score (nSPS) is 20.0. The fourth-order valence-electron chi connectivity index (χ4n) is 2.95. The molecule has 0 spiro atoms. The molecule has 0 unspecified atom stereocenters. The first-order chi connectivity index (χ1) is 8.76. The van der Waals surface area contributed by atoms with Crippen molar-refractivity contribution in [2.45, 2.75) is 38.5 Å². The van der Waals surface area contributed by atoms with E-state index in [0.717, 1.165) is 32.0 Å². The fraction of sp³-hybridized carbons (Fsp3) is 1.00. The van der Waals surface area contributed by atoms with E-state index in [1.807, 2.05) is 0 Å². The van der Waals surface area contributed by atoms with Crippen LogP contribution >= 0.6 is 12.6 Å². The van der Waals surface area contributed by atoms with Gasteiger partial charge in [0, 0.05) is 26.7 Å². The number of aliphatic hydroxyl groups excluding tert-OH is 1. The van der Waals surface area contributed by atoms with Gasteiger partial charge in [-0.15, -0.1) is 0 Å². The summed E-state index contributed by atoms with van der Waals surface area (Å²) in [5.41, 5.74) is 0.350. The molecule has 0 aliphatic heterocycles. The minimum absolute atomic E-state index is 0.229. The molecule has 0 aromatic heterocycles. The van der Waals surface area contributed by atoms with Gasteiger partial charge in [0.05, 0.1) is 13.2 Å². The third kappa shape index (κ3) is 5.47. The largest absolute Gasteiger partial charge is 0.395 e. The number of aliphatic hydroxyl groups is 1. The lowest BCUT2D eigenvalue weighted by Crippen LogP contribution is -2.41. The van der Waals surface area contributed by atoms with Crippen molar-refractivity contribution in [3.8, 4) is 0 Å². The van der Waals surface area contributed by atoms with Crippen LogP contribution in [0.5, 0.6) is 0 Å². The first-order valence-corrected chi connectivity index (χ1v) is 7.82. The number of hydrogen-bond acceptors (Lipinski definition) is 4. The van der Waals surface area contributed by atoms with Crippen molar-refractivity contribution in [2.75, 3.05) is 45.7 Å². The summed E-state index contributed by atoms with van der Waals surface area (Å²) in [6, 6.07) is 0. The van der Waals surface area contributed by atoms with Crippen LogP contribution in [0, 0.1) is 5.41 Å². The Labute approximate surface area is 117 Å². The summed E-state index contributed by atoms with van der Waals surface area (Å²) in [5.74, 6) is 0.960. The van der Waals surface area contributed by atoms with E-state index < -0.39 is 0 Å². The minimum Gasteiger partial charge on any atom is -0.395 e. The molecule has 1 aliphatic rings. The van der Waals surface area contributed by atoms with Crippen molar-refractivity contribution in [1.29, 1.82) is 0 Å². The van der Waals surface area contributed by atoms with E-state index in [0.29, 0.717) is 5.41 Å². The number of hydrogen-bond donors (Lipinski definition) is 2. The van der Waals surface area contributed by atoms with Crippen LogP contribution in [0.2, 0.25) is 0 Å². The van der Waals surface area contributed by atoms with Crippen LogP contribution in [0.3, 0.4) is 0 Å². The average Bonchev–Trinajstić information content (AvgIpc) is 2.62. The second-order valence-electron chi connectivity index (χ2n) is 5.56. The standard InChI is InChI=1S/C14H29NO2S/c1-17-11-9-15(8-10-16)12-14(13-18)6-4-2-3-5-7-14/h16,18H,2-13H2,1H3. The molecule has 3 nitrogen and oxygen atoms in total. The maximum absolute atomic E-state index is 9.18. The predicted octanol–water partition coefficient (Wildman–Crippen LogP) is 2.20. The molecule has 0 aromatic carbocycles. The predicted molar refractivity (Wildman–Crippen MR) is 79.4 cm³/mol. The molecule has 1 aliphatic carbocycles. The molecular weight excluding hydrogens is 246 g/mol. The van der Waals surface area contributed by atoms with Crippen LogP contribution in [0.25, 0.3) is 0 Å². The van der Waals surface area contributed by atoms with E-state index in [1.54, 1.807) is 7.11 Å². The zero-order valence-corrected chi connectivity index (χ0v) is 12.6. The minimum atomic E-state index is 0.229. The molecule has 0 atom stereocenters. The van der Waals surface area contributed by atoms with Crippen LogP contribution in [0.1, 0.15) is 38.5 Å². The lowest BCUT2D eigenvalue weighted by Gasteiger charge is -2.37. The van der Waals surface area contributed by atoms with E-state index in [4.69, 9.17) is 4.74 Å². The molecule has 0 saturated heterocycles. The van der Waals surface area contributed by atoms with Gasteiger partial charge in [-0.3, -0.25) is 4.90 Å². The van der Waals surface area contributed by atoms with Gasteiger partial charge in [0.2, 0.25) is 0 Å². The monoisotopic (exact) mass is 275 g/mol. The summed E-state index contributed by atoms with van der Waals surface area (Å²) in [6.45, 7) is 3.68. The second kappa shape index (κ2) is 9.18. The highest BCUT2D eigenvalue weighted by atomic mass is 32.1. The van der Waals surface area contributed by atoms with E-state index >= 15 is 0 Å². The summed E-state index contributed by atoms with van der Waals surface area (Å²) in [6.07, 6.45) is 7.97. The lowest BCUT2D eigenvalue weighted by atomic mass is 9.81. The maximum Gasteiger partial charge on any atom is 0.0589 e. The zero-order chi connectivity index (χ0) is 13.3. The van der Waals surface area contributed by atoms with Crippen LogP contribution in [-0.4, -0.2) is 55.7 Å². The molecule has 4 heteroatoms. The summed E-state index contributed by atoms with van der Waals surface area (Å²) in [7, 11) is 1.73. The Balaban J connectivity index is 2.55. The van der Waals surface area contributed by atoms with Gasteiger partial charge in [-0.2, -0.15) is 12.6 Å². The number of methoxy groups -OCH3 is 1. The van der Waals surface area contributed by atoms with E-state index in [1.165, 1.54) is 38.5 Å². The van der Waals surface area contributed by atoms with Gasteiger partial charge in [0.15, 0.2) is 0 Å². The lowest BCUT2D eigenvalue weighted by molar-refractivity contribution is 0.0912. The average molecular weight is 275 g/mol. The number of nitrogens with zero attached hydrogens (tertiary/aromatic N) is 1. The Hall–Kier alpha value is 0.230. The molecular formula is C14H29NO2S. The number of thiol groups is 1. The van der Waals surface area contributed by atoms with Crippen molar-refractivity contribution < 1.29 is 9.84 Å². The van der Waals surface area contributed by atoms with E-state index in [9.17, 15) is 5.11 Å². The zero-order valence-electron chi connectivity index (χ0n) is 11.7. The molecule has 108 valence electrons. The highest BCUT2D eigenvalue weighted by Crippen LogP contribution is 2.36. The third-order valence-electron chi connectivity index (χ3n) is 4.09. The summed E-state index contributed by atoms with van der Waals surface area (Å²) in [5, 5.41) is 9.18. The number of ether oxygens (including phenoxy) is 1. The highest BCUT2D eigenvalue weighted by Gasteiger charge is 2.31. The molecule has 1 N–H and O–H groups in total. The van der Waals surface area contributed by atoms with Crippen LogP contribution in [-0.2, 0) is 4.74 Å². The summed E-state index contributed by atoms with van der Waals surface area (Å²) < 4.78 is 5.16. The van der Waals surface area contributed by atoms with E-state index in [-0.39, 0.29) is 6.61 Å². The van der Waals surface area contributed by atoms with Gasteiger partial charge < -0.3 is 9.84 Å². The molecule has 0 amide bonds. The van der Waals surface area contributed by atoms with Gasteiger partial charge in [0.1, 0.15) is 0 Å². The summed E-state index contributed by atoms with van der Waals surface area (Å²) in [4.78, 5) is 2.34. The van der Waals surface area contributed by atoms with Crippen LogP contribution in [0.4, 0.5) is 0 Å². The van der Waals surface area contributed by atoms with Crippen molar-refractivity contribution in [3.63, 3.8) is 0 Å². The smallest absolute Gasteiger partial charge is 0.0589 e. The van der Waals surface area contributed by atoms with Crippen molar-refractivity contribution >= 4 is 12.6 Å². The maximum atomic E-state index is 9.18. The fourth-order valence-corrected chi connectivity index (χ4v) is 3.37. The Morgan fingerprint density at radius 1 is 1.17 bits per heavy atom. The van der Waals surface area contributed by atoms with Gasteiger partial charge in [-0.05, 0) is 24.0 Å². The molecule has 18 heavy (non-hydrogen) atoms. The Morgan fingerprint density at radius 3 is 2.33 bits per heavy atom. The van der Waals surface area contributed by atoms with Gasteiger partial charge in [-0.25, -0.2) is 0 Å². The van der Waals surface area contributed by atoms with E-state index in [2.05, 4.69) is 17.5 Å². The highest BCUT2D eigenvalue weighted by molar-refractivity contribution is 7.80. The quantitative estimate of drug-likeness (QED) is 0.526. The van der Waals surface area contributed by atoms with Crippen molar-refractivity contribution in [2.24, 2.45) is 5.41 Å². The Morgan fingerprint density at radius 2 is 1.83 bits per heavy atom. The Bertz CT molecular complexity index is 206. The molecule has 1 fully saturated rings. The molecule has 1 saturated carbocycles. The molecule has 1 rings (SSSR count).